The number of rotatable bonds is 2. The Labute approximate surface area is 73.6 Å². The third-order valence-corrected chi connectivity index (χ3v) is 1.46. The van der Waals surface area contributed by atoms with Gasteiger partial charge in [0.1, 0.15) is 0 Å². The zero-order valence-electron chi connectivity index (χ0n) is 6.84. The molecule has 0 aliphatic rings. The van der Waals surface area contributed by atoms with Crippen LogP contribution in [0, 0.1) is 0 Å². The summed E-state index contributed by atoms with van der Waals surface area (Å²) >= 11 is 0. The molecule has 2 aromatic rings. The SMILES string of the molecule is COc1cc(-c2ncon2)cnn1. The van der Waals surface area contributed by atoms with Gasteiger partial charge in [-0.05, 0) is 0 Å². The van der Waals surface area contributed by atoms with Crippen molar-refractivity contribution in [3.05, 3.63) is 18.7 Å². The first-order chi connectivity index (χ1) is 6.40. The fourth-order valence-corrected chi connectivity index (χ4v) is 0.867. The summed E-state index contributed by atoms with van der Waals surface area (Å²) in [4.78, 5) is 3.86. The van der Waals surface area contributed by atoms with Crippen LogP contribution in [0.4, 0.5) is 0 Å². The van der Waals surface area contributed by atoms with Crippen LogP contribution in [0.3, 0.4) is 0 Å². The Kier molecular flexibility index (Phi) is 1.87. The summed E-state index contributed by atoms with van der Waals surface area (Å²) in [5, 5.41) is 11.1. The molecule has 0 aliphatic heterocycles. The molecular formula is C7H6N4O2. The van der Waals surface area contributed by atoms with Crippen molar-refractivity contribution in [1.82, 2.24) is 20.3 Å². The summed E-state index contributed by atoms with van der Waals surface area (Å²) in [6.07, 6.45) is 2.79. The molecule has 0 aliphatic carbocycles. The summed E-state index contributed by atoms with van der Waals surface area (Å²) in [5.41, 5.74) is 0.709. The van der Waals surface area contributed by atoms with E-state index in [-0.39, 0.29) is 0 Å². The van der Waals surface area contributed by atoms with Gasteiger partial charge in [-0.25, -0.2) is 0 Å². The van der Waals surface area contributed by atoms with Crippen LogP contribution in [-0.4, -0.2) is 27.4 Å². The van der Waals surface area contributed by atoms with Crippen LogP contribution in [0.15, 0.2) is 23.2 Å². The third-order valence-electron chi connectivity index (χ3n) is 1.46. The zero-order chi connectivity index (χ0) is 9.10. The number of ether oxygens (including phenoxy) is 1. The van der Waals surface area contributed by atoms with Crippen molar-refractivity contribution in [3.63, 3.8) is 0 Å². The summed E-state index contributed by atoms with van der Waals surface area (Å²) in [5.74, 6) is 0.885. The highest BCUT2D eigenvalue weighted by Gasteiger charge is 2.04. The Morgan fingerprint density at radius 1 is 1.46 bits per heavy atom. The first kappa shape index (κ1) is 7.66. The van der Waals surface area contributed by atoms with Gasteiger partial charge in [-0.15, -0.1) is 5.10 Å². The topological polar surface area (TPSA) is 73.9 Å². The Morgan fingerprint density at radius 2 is 2.38 bits per heavy atom. The average Bonchev–Trinajstić information content (AvgIpc) is 2.71. The fourth-order valence-electron chi connectivity index (χ4n) is 0.867. The maximum Gasteiger partial charge on any atom is 0.233 e. The minimum atomic E-state index is 0.419. The Balaban J connectivity index is 2.41. The third kappa shape index (κ3) is 1.46. The summed E-state index contributed by atoms with van der Waals surface area (Å²) in [7, 11) is 1.52. The largest absolute Gasteiger partial charge is 0.480 e. The number of hydrogen-bond acceptors (Lipinski definition) is 6. The Morgan fingerprint density at radius 3 is 3.08 bits per heavy atom. The number of hydrogen-bond donors (Lipinski definition) is 0. The molecule has 2 heterocycles. The van der Waals surface area contributed by atoms with Gasteiger partial charge in [0.05, 0.1) is 13.3 Å². The first-order valence-electron chi connectivity index (χ1n) is 3.53. The van der Waals surface area contributed by atoms with Gasteiger partial charge in [-0.3, -0.25) is 0 Å². The molecule has 0 atom stereocenters. The first-order valence-corrected chi connectivity index (χ1v) is 3.53. The van der Waals surface area contributed by atoms with E-state index in [0.29, 0.717) is 17.3 Å². The summed E-state index contributed by atoms with van der Waals surface area (Å²) in [6, 6.07) is 1.68. The van der Waals surface area contributed by atoms with E-state index in [2.05, 4.69) is 24.9 Å². The highest BCUT2D eigenvalue weighted by Crippen LogP contribution is 2.16. The van der Waals surface area contributed by atoms with E-state index in [0.717, 1.165) is 0 Å². The molecule has 2 rings (SSSR count). The monoisotopic (exact) mass is 178 g/mol. The molecule has 6 nitrogen and oxygen atoms in total. The highest BCUT2D eigenvalue weighted by atomic mass is 16.5. The molecule has 66 valence electrons. The minimum Gasteiger partial charge on any atom is -0.480 e. The molecule has 0 saturated carbocycles. The van der Waals surface area contributed by atoms with Crippen molar-refractivity contribution in [3.8, 4) is 17.3 Å². The normalized spacial score (nSPS) is 9.92. The van der Waals surface area contributed by atoms with Crippen LogP contribution >= 0.6 is 0 Å². The van der Waals surface area contributed by atoms with Crippen LogP contribution in [0.25, 0.3) is 11.4 Å². The quantitative estimate of drug-likeness (QED) is 0.667. The predicted molar refractivity (Wildman–Crippen MR) is 41.9 cm³/mol. The van der Waals surface area contributed by atoms with E-state index < -0.39 is 0 Å². The van der Waals surface area contributed by atoms with Crippen LogP contribution in [0.1, 0.15) is 0 Å². The molecule has 13 heavy (non-hydrogen) atoms. The molecule has 0 aromatic carbocycles. The predicted octanol–water partition coefficient (Wildman–Crippen LogP) is 0.535. The lowest BCUT2D eigenvalue weighted by Crippen LogP contribution is -1.91. The van der Waals surface area contributed by atoms with Crippen molar-refractivity contribution in [2.75, 3.05) is 7.11 Å². The second-order valence-electron chi connectivity index (χ2n) is 2.24. The van der Waals surface area contributed by atoms with Gasteiger partial charge in [-0.1, -0.05) is 5.16 Å². The van der Waals surface area contributed by atoms with E-state index in [1.807, 2.05) is 0 Å². The molecule has 0 radical (unpaired) electrons. The van der Waals surface area contributed by atoms with Gasteiger partial charge in [0, 0.05) is 11.6 Å². The summed E-state index contributed by atoms with van der Waals surface area (Å²) < 4.78 is 9.49. The van der Waals surface area contributed by atoms with Gasteiger partial charge < -0.3 is 9.26 Å². The molecule has 6 heteroatoms. The second-order valence-corrected chi connectivity index (χ2v) is 2.24. The van der Waals surface area contributed by atoms with Crippen LogP contribution in [0.2, 0.25) is 0 Å². The average molecular weight is 178 g/mol. The van der Waals surface area contributed by atoms with E-state index >= 15 is 0 Å². The number of methoxy groups -OCH3 is 1. The van der Waals surface area contributed by atoms with Crippen molar-refractivity contribution in [2.45, 2.75) is 0 Å². The molecule has 0 N–H and O–H groups in total. The van der Waals surface area contributed by atoms with Gasteiger partial charge in [-0.2, -0.15) is 10.1 Å². The molecule has 0 unspecified atom stereocenters. The molecule has 0 spiro atoms. The van der Waals surface area contributed by atoms with E-state index in [1.54, 1.807) is 6.07 Å². The molecular weight excluding hydrogens is 172 g/mol. The van der Waals surface area contributed by atoms with Gasteiger partial charge in [0.15, 0.2) is 0 Å². The van der Waals surface area contributed by atoms with Gasteiger partial charge in [0.2, 0.25) is 18.1 Å². The smallest absolute Gasteiger partial charge is 0.233 e. The zero-order valence-corrected chi connectivity index (χ0v) is 6.84. The fraction of sp³-hybridized carbons (Fsp3) is 0.143. The second kappa shape index (κ2) is 3.18. The van der Waals surface area contributed by atoms with E-state index in [9.17, 15) is 0 Å². The number of nitrogens with zero attached hydrogens (tertiary/aromatic N) is 4. The van der Waals surface area contributed by atoms with Crippen molar-refractivity contribution in [1.29, 1.82) is 0 Å². The lowest BCUT2D eigenvalue weighted by molar-refractivity contribution is 0.392. The van der Waals surface area contributed by atoms with Crippen LogP contribution in [-0.2, 0) is 0 Å². The number of aromatic nitrogens is 4. The molecule has 0 fully saturated rings. The van der Waals surface area contributed by atoms with Crippen LogP contribution in [0.5, 0.6) is 5.88 Å². The minimum absolute atomic E-state index is 0.419. The van der Waals surface area contributed by atoms with Crippen molar-refractivity contribution < 1.29 is 9.26 Å². The van der Waals surface area contributed by atoms with E-state index in [4.69, 9.17) is 4.74 Å². The molecule has 0 saturated heterocycles. The lowest BCUT2D eigenvalue weighted by atomic mass is 10.3. The Bertz CT molecular complexity index is 387. The molecule has 0 amide bonds. The molecule has 0 bridgehead atoms. The molecule has 2 aromatic heterocycles. The maximum absolute atomic E-state index is 4.89. The van der Waals surface area contributed by atoms with Gasteiger partial charge >= 0.3 is 0 Å². The van der Waals surface area contributed by atoms with E-state index in [1.165, 1.54) is 19.7 Å². The lowest BCUT2D eigenvalue weighted by Gasteiger charge is -1.97. The van der Waals surface area contributed by atoms with Crippen molar-refractivity contribution in [2.24, 2.45) is 0 Å². The van der Waals surface area contributed by atoms with Crippen LogP contribution < -0.4 is 4.74 Å². The summed E-state index contributed by atoms with van der Waals surface area (Å²) in [6.45, 7) is 0. The highest BCUT2D eigenvalue weighted by molar-refractivity contribution is 5.53. The standard InChI is InChI=1S/C7H6N4O2/c1-12-6-2-5(3-9-10-6)7-8-4-13-11-7/h2-4H,1H3. The van der Waals surface area contributed by atoms with Crippen molar-refractivity contribution >= 4 is 0 Å². The Hall–Kier alpha value is -1.98. The van der Waals surface area contributed by atoms with Gasteiger partial charge in [0.25, 0.3) is 0 Å². The maximum atomic E-state index is 4.89.